The first-order valence-electron chi connectivity index (χ1n) is 5.73. The maximum Gasteiger partial charge on any atom is 0.308 e. The first kappa shape index (κ1) is 16.0. The molecule has 6 heteroatoms. The van der Waals surface area contributed by atoms with Crippen molar-refractivity contribution in [1.82, 2.24) is 5.32 Å². The zero-order valence-corrected chi connectivity index (χ0v) is 13.2. The monoisotopic (exact) mass is 347 g/mol. The number of aryl methyl sites for hydroxylation is 1. The van der Waals surface area contributed by atoms with E-state index in [9.17, 15) is 9.59 Å². The second-order valence-electron chi connectivity index (χ2n) is 4.48. The molecule has 1 amide bonds. The lowest BCUT2D eigenvalue weighted by Gasteiger charge is -2.18. The molecule has 19 heavy (non-hydrogen) atoms. The minimum Gasteiger partial charge on any atom is -0.481 e. The molecule has 0 aliphatic carbocycles. The lowest BCUT2D eigenvalue weighted by Crippen LogP contribution is -2.40. The van der Waals surface area contributed by atoms with Crippen molar-refractivity contribution in [1.29, 1.82) is 0 Å². The highest BCUT2D eigenvalue weighted by atomic mass is 79.9. The largest absolute Gasteiger partial charge is 0.481 e. The maximum atomic E-state index is 12.0. The van der Waals surface area contributed by atoms with E-state index in [1.165, 1.54) is 0 Å². The first-order chi connectivity index (χ1) is 8.73. The average molecular weight is 349 g/mol. The van der Waals surface area contributed by atoms with E-state index in [4.69, 9.17) is 16.7 Å². The van der Waals surface area contributed by atoms with Gasteiger partial charge in [0, 0.05) is 16.1 Å². The van der Waals surface area contributed by atoms with Crippen molar-refractivity contribution < 1.29 is 14.7 Å². The molecule has 1 aromatic rings. The van der Waals surface area contributed by atoms with Gasteiger partial charge in [0.05, 0.1) is 10.9 Å². The number of carbonyl (C=O) groups is 2. The number of carboxylic acids is 1. The molecule has 2 unspecified atom stereocenters. The van der Waals surface area contributed by atoms with Crippen LogP contribution in [0.3, 0.4) is 0 Å². The van der Waals surface area contributed by atoms with Gasteiger partial charge in [-0.15, -0.1) is 0 Å². The summed E-state index contributed by atoms with van der Waals surface area (Å²) >= 11 is 9.31. The van der Waals surface area contributed by atoms with Crippen LogP contribution in [-0.2, 0) is 4.79 Å². The molecule has 0 aliphatic rings. The molecule has 0 saturated heterocycles. The SMILES string of the molecule is Cc1cc(C(=O)NC(C)C(C)C(=O)O)cc(Cl)c1Br. The quantitative estimate of drug-likeness (QED) is 0.878. The number of rotatable bonds is 4. The summed E-state index contributed by atoms with van der Waals surface area (Å²) in [5, 5.41) is 12.0. The van der Waals surface area contributed by atoms with E-state index in [1.54, 1.807) is 26.0 Å². The Labute approximate surface area is 125 Å². The van der Waals surface area contributed by atoms with Gasteiger partial charge in [0.1, 0.15) is 0 Å². The van der Waals surface area contributed by atoms with Crippen LogP contribution in [0.25, 0.3) is 0 Å². The number of benzene rings is 1. The summed E-state index contributed by atoms with van der Waals surface area (Å²) in [5.74, 6) is -1.94. The summed E-state index contributed by atoms with van der Waals surface area (Å²) in [6.07, 6.45) is 0. The number of hydrogen-bond donors (Lipinski definition) is 2. The number of nitrogens with one attached hydrogen (secondary N) is 1. The highest BCUT2D eigenvalue weighted by molar-refractivity contribution is 9.10. The molecular formula is C13H15BrClNO3. The molecule has 0 spiro atoms. The minimum absolute atomic E-state index is 0.335. The second-order valence-corrected chi connectivity index (χ2v) is 5.68. The molecule has 2 atom stereocenters. The predicted octanol–water partition coefficient (Wildman–Crippen LogP) is 3.25. The predicted molar refractivity (Wildman–Crippen MR) is 77.6 cm³/mol. The zero-order valence-electron chi connectivity index (χ0n) is 10.8. The van der Waals surface area contributed by atoms with Crippen molar-refractivity contribution in [2.75, 3.05) is 0 Å². The van der Waals surface area contributed by atoms with Crippen molar-refractivity contribution in [2.45, 2.75) is 26.8 Å². The molecule has 104 valence electrons. The fraction of sp³-hybridized carbons (Fsp3) is 0.385. The lowest BCUT2D eigenvalue weighted by molar-refractivity contribution is -0.141. The number of amides is 1. The van der Waals surface area contributed by atoms with E-state index in [2.05, 4.69) is 21.2 Å². The fourth-order valence-electron chi connectivity index (χ4n) is 1.49. The molecule has 0 saturated carbocycles. The van der Waals surface area contributed by atoms with E-state index in [0.29, 0.717) is 10.6 Å². The van der Waals surface area contributed by atoms with Gasteiger partial charge in [0.15, 0.2) is 0 Å². The Morgan fingerprint density at radius 1 is 1.37 bits per heavy atom. The number of halogens is 2. The Balaban J connectivity index is 2.87. The molecule has 0 aromatic heterocycles. The lowest BCUT2D eigenvalue weighted by atomic mass is 10.0. The fourth-order valence-corrected chi connectivity index (χ4v) is 1.98. The van der Waals surface area contributed by atoms with E-state index in [1.807, 2.05) is 6.92 Å². The van der Waals surface area contributed by atoms with Gasteiger partial charge in [-0.1, -0.05) is 11.6 Å². The summed E-state index contributed by atoms with van der Waals surface area (Å²) in [7, 11) is 0. The Kier molecular flexibility index (Phi) is 5.38. The van der Waals surface area contributed by atoms with Gasteiger partial charge in [-0.3, -0.25) is 9.59 Å². The zero-order chi connectivity index (χ0) is 14.7. The van der Waals surface area contributed by atoms with Crippen LogP contribution in [0.1, 0.15) is 29.8 Å². The number of carboxylic acid groups (broad SMARTS) is 1. The Morgan fingerprint density at radius 2 is 1.95 bits per heavy atom. The number of aliphatic carboxylic acids is 1. The van der Waals surface area contributed by atoms with Gasteiger partial charge in [-0.05, 0) is 54.4 Å². The number of carbonyl (C=O) groups excluding carboxylic acids is 1. The van der Waals surface area contributed by atoms with E-state index >= 15 is 0 Å². The topological polar surface area (TPSA) is 66.4 Å². The minimum atomic E-state index is -0.946. The molecule has 4 nitrogen and oxygen atoms in total. The molecule has 2 N–H and O–H groups in total. The van der Waals surface area contributed by atoms with Gasteiger partial charge < -0.3 is 10.4 Å². The Bertz CT molecular complexity index is 496. The molecule has 0 radical (unpaired) electrons. The Morgan fingerprint density at radius 3 is 2.42 bits per heavy atom. The molecular weight excluding hydrogens is 334 g/mol. The molecule has 1 rings (SSSR count). The van der Waals surface area contributed by atoms with Crippen LogP contribution in [0.5, 0.6) is 0 Å². The van der Waals surface area contributed by atoms with Crippen LogP contribution >= 0.6 is 27.5 Å². The molecule has 1 aromatic carbocycles. The smallest absolute Gasteiger partial charge is 0.308 e. The van der Waals surface area contributed by atoms with Crippen molar-refractivity contribution in [3.63, 3.8) is 0 Å². The van der Waals surface area contributed by atoms with Crippen LogP contribution in [0.4, 0.5) is 0 Å². The van der Waals surface area contributed by atoms with Gasteiger partial charge in [0.2, 0.25) is 0 Å². The van der Waals surface area contributed by atoms with Crippen molar-refractivity contribution in [3.8, 4) is 0 Å². The van der Waals surface area contributed by atoms with Crippen LogP contribution in [0, 0.1) is 12.8 Å². The number of hydrogen-bond acceptors (Lipinski definition) is 2. The van der Waals surface area contributed by atoms with E-state index < -0.39 is 17.9 Å². The highest BCUT2D eigenvalue weighted by Crippen LogP contribution is 2.27. The highest BCUT2D eigenvalue weighted by Gasteiger charge is 2.21. The molecule has 0 aliphatic heterocycles. The summed E-state index contributed by atoms with van der Waals surface area (Å²) in [4.78, 5) is 22.9. The molecule has 0 fully saturated rings. The summed E-state index contributed by atoms with van der Waals surface area (Å²) in [6.45, 7) is 5.03. The van der Waals surface area contributed by atoms with Gasteiger partial charge in [-0.25, -0.2) is 0 Å². The van der Waals surface area contributed by atoms with Gasteiger partial charge in [-0.2, -0.15) is 0 Å². The average Bonchev–Trinajstić information content (AvgIpc) is 2.33. The summed E-state index contributed by atoms with van der Waals surface area (Å²) in [5.41, 5.74) is 1.26. The van der Waals surface area contributed by atoms with Crippen LogP contribution in [0.15, 0.2) is 16.6 Å². The maximum absolute atomic E-state index is 12.0. The summed E-state index contributed by atoms with van der Waals surface area (Å²) in [6, 6.07) is 2.78. The second kappa shape index (κ2) is 6.39. The standard InChI is InChI=1S/C13H15BrClNO3/c1-6-4-9(5-10(15)11(6)14)12(17)16-8(3)7(2)13(18)19/h4-5,7-8H,1-3H3,(H,16,17)(H,18,19). The van der Waals surface area contributed by atoms with E-state index in [0.717, 1.165) is 10.0 Å². The molecule has 0 bridgehead atoms. The normalized spacial score (nSPS) is 13.7. The van der Waals surface area contributed by atoms with Crippen molar-refractivity contribution >= 4 is 39.4 Å². The van der Waals surface area contributed by atoms with Crippen LogP contribution in [0.2, 0.25) is 5.02 Å². The Hall–Kier alpha value is -1.07. The van der Waals surface area contributed by atoms with Crippen LogP contribution in [-0.4, -0.2) is 23.0 Å². The first-order valence-corrected chi connectivity index (χ1v) is 6.90. The van der Waals surface area contributed by atoms with E-state index in [-0.39, 0.29) is 5.91 Å². The third-order valence-electron chi connectivity index (χ3n) is 2.97. The van der Waals surface area contributed by atoms with Gasteiger partial charge in [0.25, 0.3) is 5.91 Å². The molecule has 0 heterocycles. The summed E-state index contributed by atoms with van der Waals surface area (Å²) < 4.78 is 0.748. The third-order valence-corrected chi connectivity index (χ3v) is 4.55. The van der Waals surface area contributed by atoms with Gasteiger partial charge >= 0.3 is 5.97 Å². The van der Waals surface area contributed by atoms with Crippen molar-refractivity contribution in [2.24, 2.45) is 5.92 Å². The van der Waals surface area contributed by atoms with Crippen molar-refractivity contribution in [3.05, 3.63) is 32.8 Å². The third kappa shape index (κ3) is 3.94. The van der Waals surface area contributed by atoms with Crippen LogP contribution < -0.4 is 5.32 Å².